The van der Waals surface area contributed by atoms with E-state index in [1.54, 1.807) is 4.31 Å². The van der Waals surface area contributed by atoms with Gasteiger partial charge in [0.05, 0.1) is 4.90 Å². The molecule has 1 saturated heterocycles. The molecule has 3 rings (SSSR count). The lowest BCUT2D eigenvalue weighted by molar-refractivity contribution is 0.333. The zero-order chi connectivity index (χ0) is 14.7. The molecule has 0 radical (unpaired) electrons. The summed E-state index contributed by atoms with van der Waals surface area (Å²) in [5, 5.41) is 0. The lowest BCUT2D eigenvalue weighted by atomic mass is 10.0. The molecule has 1 aromatic rings. The van der Waals surface area contributed by atoms with Crippen molar-refractivity contribution in [3.63, 3.8) is 0 Å². The number of benzene rings is 1. The molecule has 0 amide bonds. The van der Waals surface area contributed by atoms with Crippen LogP contribution in [-0.2, 0) is 10.0 Å². The van der Waals surface area contributed by atoms with Crippen molar-refractivity contribution >= 4 is 10.0 Å². The van der Waals surface area contributed by atoms with Crippen molar-refractivity contribution in [2.45, 2.75) is 57.9 Å². The summed E-state index contributed by atoms with van der Waals surface area (Å²) in [6, 6.07) is 2.32. The minimum Gasteiger partial charge on any atom is -0.207 e. The highest BCUT2D eigenvalue weighted by molar-refractivity contribution is 7.89. The molecule has 20 heavy (non-hydrogen) atoms. The van der Waals surface area contributed by atoms with Crippen LogP contribution < -0.4 is 0 Å². The van der Waals surface area contributed by atoms with Crippen molar-refractivity contribution < 1.29 is 8.42 Å². The summed E-state index contributed by atoms with van der Waals surface area (Å²) in [5.74, 6) is 0.585. The Balaban J connectivity index is 2.13. The molecule has 2 unspecified atom stereocenters. The number of piperidine rings is 1. The molecule has 1 heterocycles. The van der Waals surface area contributed by atoms with Crippen molar-refractivity contribution in [1.82, 2.24) is 4.31 Å². The van der Waals surface area contributed by atoms with Crippen molar-refractivity contribution in [2.24, 2.45) is 5.92 Å². The predicted octanol–water partition coefficient (Wildman–Crippen LogP) is 3.09. The quantitative estimate of drug-likeness (QED) is 0.840. The van der Waals surface area contributed by atoms with Gasteiger partial charge in [0.1, 0.15) is 0 Å². The third-order valence-corrected chi connectivity index (χ3v) is 7.42. The van der Waals surface area contributed by atoms with E-state index in [-0.39, 0.29) is 6.04 Å². The third kappa shape index (κ3) is 1.92. The zero-order valence-corrected chi connectivity index (χ0v) is 13.5. The highest BCUT2D eigenvalue weighted by atomic mass is 32.2. The van der Waals surface area contributed by atoms with Gasteiger partial charge in [-0.25, -0.2) is 8.42 Å². The second-order valence-corrected chi connectivity index (χ2v) is 8.32. The summed E-state index contributed by atoms with van der Waals surface area (Å²) < 4.78 is 28.0. The van der Waals surface area contributed by atoms with Crippen LogP contribution >= 0.6 is 0 Å². The maximum absolute atomic E-state index is 13.1. The second-order valence-electron chi connectivity index (χ2n) is 6.50. The van der Waals surface area contributed by atoms with Crippen LogP contribution in [0.5, 0.6) is 0 Å². The van der Waals surface area contributed by atoms with Gasteiger partial charge in [-0.15, -0.1) is 0 Å². The van der Waals surface area contributed by atoms with Gasteiger partial charge in [0.25, 0.3) is 0 Å². The van der Waals surface area contributed by atoms with Crippen LogP contribution in [-0.4, -0.2) is 25.3 Å². The smallest absolute Gasteiger partial charge is 0.207 e. The number of hydrogen-bond acceptors (Lipinski definition) is 2. The number of fused-ring (bicyclic) bond motifs is 2. The van der Waals surface area contributed by atoms with E-state index in [0.717, 1.165) is 41.6 Å². The van der Waals surface area contributed by atoms with E-state index < -0.39 is 10.0 Å². The monoisotopic (exact) mass is 293 g/mol. The standard InChI is InChI=1S/C16H23NO2S/c1-10-7-11(2)13(4)16(12(10)3)20(18,19)17-9-14-5-6-15(17)8-14/h7,14-15H,5-6,8-9H2,1-4H3. The van der Waals surface area contributed by atoms with E-state index in [1.807, 2.05) is 27.7 Å². The van der Waals surface area contributed by atoms with Crippen molar-refractivity contribution in [1.29, 1.82) is 0 Å². The van der Waals surface area contributed by atoms with Gasteiger partial charge in [-0.05, 0) is 75.1 Å². The average molecular weight is 293 g/mol. The Kier molecular flexibility index (Phi) is 3.22. The first kappa shape index (κ1) is 14.1. The molecule has 1 aliphatic carbocycles. The van der Waals surface area contributed by atoms with Gasteiger partial charge in [0.15, 0.2) is 0 Å². The second kappa shape index (κ2) is 4.57. The van der Waals surface area contributed by atoms with E-state index in [1.165, 1.54) is 6.42 Å². The fourth-order valence-corrected chi connectivity index (χ4v) is 6.18. The molecule has 2 aliphatic rings. The Morgan fingerprint density at radius 2 is 1.65 bits per heavy atom. The highest BCUT2D eigenvalue weighted by Gasteiger charge is 2.45. The number of nitrogens with zero attached hydrogens (tertiary/aromatic N) is 1. The van der Waals surface area contributed by atoms with Crippen LogP contribution in [0, 0.1) is 33.6 Å². The van der Waals surface area contributed by atoms with Crippen LogP contribution in [0.2, 0.25) is 0 Å². The largest absolute Gasteiger partial charge is 0.243 e. The number of sulfonamides is 1. The molecule has 110 valence electrons. The fourth-order valence-electron chi connectivity index (χ4n) is 3.86. The molecule has 2 fully saturated rings. The molecule has 1 aliphatic heterocycles. The molecular weight excluding hydrogens is 270 g/mol. The summed E-state index contributed by atoms with van der Waals surface area (Å²) in [7, 11) is -3.34. The first-order valence-corrected chi connectivity index (χ1v) is 8.85. The maximum Gasteiger partial charge on any atom is 0.243 e. The molecule has 2 bridgehead atoms. The maximum atomic E-state index is 13.1. The SMILES string of the molecule is Cc1cc(C)c(C)c(S(=O)(=O)N2CC3CCC2C3)c1C. The Bertz CT molecular complexity index is 637. The normalized spacial score (nSPS) is 26.4. The highest BCUT2D eigenvalue weighted by Crippen LogP contribution is 2.41. The summed E-state index contributed by atoms with van der Waals surface area (Å²) in [6.45, 7) is 8.58. The van der Waals surface area contributed by atoms with Crippen LogP contribution in [0.1, 0.15) is 41.5 Å². The molecule has 3 nitrogen and oxygen atoms in total. The van der Waals surface area contributed by atoms with Crippen molar-refractivity contribution in [3.05, 3.63) is 28.3 Å². The van der Waals surface area contributed by atoms with E-state index in [2.05, 4.69) is 6.07 Å². The lowest BCUT2D eigenvalue weighted by Crippen LogP contribution is -2.38. The first-order chi connectivity index (χ1) is 9.32. The van der Waals surface area contributed by atoms with Gasteiger partial charge >= 0.3 is 0 Å². The summed E-state index contributed by atoms with van der Waals surface area (Å²) >= 11 is 0. The lowest BCUT2D eigenvalue weighted by Gasteiger charge is -2.28. The molecule has 0 spiro atoms. The van der Waals surface area contributed by atoms with Gasteiger partial charge in [0.2, 0.25) is 10.0 Å². The molecule has 0 N–H and O–H groups in total. The average Bonchev–Trinajstić information content (AvgIpc) is 2.99. The number of rotatable bonds is 2. The van der Waals surface area contributed by atoms with E-state index in [0.29, 0.717) is 10.8 Å². The van der Waals surface area contributed by atoms with Crippen LogP contribution in [0.4, 0.5) is 0 Å². The Morgan fingerprint density at radius 1 is 1.05 bits per heavy atom. The topological polar surface area (TPSA) is 37.4 Å². The molecule has 1 aromatic carbocycles. The Labute approximate surface area is 122 Å². The van der Waals surface area contributed by atoms with Crippen LogP contribution in [0.15, 0.2) is 11.0 Å². The van der Waals surface area contributed by atoms with Gasteiger partial charge in [0, 0.05) is 12.6 Å². The van der Waals surface area contributed by atoms with Gasteiger partial charge in [-0.3, -0.25) is 0 Å². The summed E-state index contributed by atoms with van der Waals surface area (Å²) in [4.78, 5) is 0.558. The molecular formula is C16H23NO2S. The predicted molar refractivity (Wildman–Crippen MR) is 80.4 cm³/mol. The Morgan fingerprint density at radius 3 is 2.10 bits per heavy atom. The molecule has 2 atom stereocenters. The minimum atomic E-state index is -3.34. The number of hydrogen-bond donors (Lipinski definition) is 0. The van der Waals surface area contributed by atoms with E-state index in [4.69, 9.17) is 0 Å². The van der Waals surface area contributed by atoms with Crippen LogP contribution in [0.3, 0.4) is 0 Å². The zero-order valence-electron chi connectivity index (χ0n) is 12.7. The minimum absolute atomic E-state index is 0.240. The van der Waals surface area contributed by atoms with E-state index in [9.17, 15) is 8.42 Å². The third-order valence-electron chi connectivity index (χ3n) is 5.22. The summed E-state index contributed by atoms with van der Waals surface area (Å²) in [5.41, 5.74) is 3.96. The first-order valence-electron chi connectivity index (χ1n) is 7.41. The molecule has 1 saturated carbocycles. The van der Waals surface area contributed by atoms with Gasteiger partial charge in [-0.1, -0.05) is 6.07 Å². The fraction of sp³-hybridized carbons (Fsp3) is 0.625. The number of aryl methyl sites for hydroxylation is 2. The van der Waals surface area contributed by atoms with Crippen molar-refractivity contribution in [3.8, 4) is 0 Å². The van der Waals surface area contributed by atoms with Crippen molar-refractivity contribution in [2.75, 3.05) is 6.54 Å². The van der Waals surface area contributed by atoms with E-state index >= 15 is 0 Å². The van der Waals surface area contributed by atoms with Crippen LogP contribution in [0.25, 0.3) is 0 Å². The summed E-state index contributed by atoms with van der Waals surface area (Å²) in [6.07, 6.45) is 3.29. The Hall–Kier alpha value is -0.870. The van der Waals surface area contributed by atoms with Gasteiger partial charge < -0.3 is 0 Å². The van der Waals surface area contributed by atoms with Gasteiger partial charge in [-0.2, -0.15) is 4.31 Å². The molecule has 0 aromatic heterocycles. The molecule has 4 heteroatoms.